The number of carbonyl (C=O) groups excluding carboxylic acids is 2. The van der Waals surface area contributed by atoms with E-state index in [1.165, 1.54) is 6.07 Å². The third-order valence-electron chi connectivity index (χ3n) is 2.67. The number of amides is 3. The van der Waals surface area contributed by atoms with Gasteiger partial charge in [0.2, 0.25) is 11.9 Å². The Hall–Kier alpha value is -2.56. The molecule has 26 heavy (non-hydrogen) atoms. The molecule has 1 aromatic rings. The molecule has 0 aliphatic heterocycles. The van der Waals surface area contributed by atoms with Crippen LogP contribution in [-0.2, 0) is 4.79 Å². The second-order valence-corrected chi connectivity index (χ2v) is 5.84. The van der Waals surface area contributed by atoms with E-state index in [0.29, 0.717) is 31.6 Å². The van der Waals surface area contributed by atoms with Crippen LogP contribution in [0.1, 0.15) is 32.4 Å². The predicted molar refractivity (Wildman–Crippen MR) is 105 cm³/mol. The van der Waals surface area contributed by atoms with Gasteiger partial charge in [-0.2, -0.15) is 0 Å². The van der Waals surface area contributed by atoms with E-state index in [2.05, 4.69) is 25.9 Å². The van der Waals surface area contributed by atoms with Crippen LogP contribution in [0, 0.1) is 12.3 Å². The van der Waals surface area contributed by atoms with Crippen molar-refractivity contribution in [3.05, 3.63) is 22.1 Å². The maximum Gasteiger partial charge on any atom is 0.321 e. The third-order valence-corrected chi connectivity index (χ3v) is 3.39. The van der Waals surface area contributed by atoms with Gasteiger partial charge in [0.05, 0.1) is 5.75 Å². The van der Waals surface area contributed by atoms with Crippen molar-refractivity contribution < 1.29 is 9.59 Å². The van der Waals surface area contributed by atoms with E-state index in [9.17, 15) is 14.4 Å². The van der Waals surface area contributed by atoms with E-state index < -0.39 is 6.03 Å². The topological polar surface area (TPSA) is 166 Å². The highest BCUT2D eigenvalue weighted by molar-refractivity contribution is 8.14. The van der Waals surface area contributed by atoms with Crippen LogP contribution in [0.2, 0.25) is 0 Å². The van der Waals surface area contributed by atoms with Gasteiger partial charge in [-0.05, 0) is 19.8 Å². The van der Waals surface area contributed by atoms with E-state index in [1.807, 2.05) is 13.8 Å². The zero-order valence-corrected chi connectivity index (χ0v) is 16.1. The van der Waals surface area contributed by atoms with Crippen LogP contribution in [0.5, 0.6) is 0 Å². The first-order chi connectivity index (χ1) is 12.4. The van der Waals surface area contributed by atoms with Crippen molar-refractivity contribution in [3.8, 4) is 0 Å². The monoisotopic (exact) mass is 385 g/mol. The van der Waals surface area contributed by atoms with Crippen LogP contribution in [0.25, 0.3) is 0 Å². The number of hydrogen-bond acceptors (Lipinski definition) is 6. The number of thioether (sulfide) groups is 1. The van der Waals surface area contributed by atoms with Gasteiger partial charge in [-0.15, -0.1) is 0 Å². The molecule has 0 aromatic carbocycles. The predicted octanol–water partition coefficient (Wildman–Crippen LogP) is 0.749. The highest BCUT2D eigenvalue weighted by Crippen LogP contribution is 1.97. The summed E-state index contributed by atoms with van der Waals surface area (Å²) in [4.78, 5) is 40.6. The van der Waals surface area contributed by atoms with Gasteiger partial charge in [0.15, 0.2) is 5.17 Å². The molecule has 11 heteroatoms. The molecular weight excluding hydrogens is 358 g/mol. The van der Waals surface area contributed by atoms with E-state index in [1.54, 1.807) is 6.92 Å². The first-order valence-corrected chi connectivity index (χ1v) is 9.21. The number of urea groups is 1. The highest BCUT2D eigenvalue weighted by atomic mass is 32.2. The lowest BCUT2D eigenvalue weighted by Gasteiger charge is -2.07. The van der Waals surface area contributed by atoms with Crippen LogP contribution >= 0.6 is 11.8 Å². The molecule has 0 fully saturated rings. The summed E-state index contributed by atoms with van der Waals surface area (Å²) in [7, 11) is 0. The van der Waals surface area contributed by atoms with E-state index >= 15 is 0 Å². The average molecular weight is 385 g/mol. The molecule has 3 amide bonds. The second kappa shape index (κ2) is 13.7. The van der Waals surface area contributed by atoms with Gasteiger partial charge in [-0.25, -0.2) is 9.78 Å². The Balaban J connectivity index is 0.00000301. The van der Waals surface area contributed by atoms with Crippen molar-refractivity contribution in [2.75, 3.05) is 24.2 Å². The molecule has 1 rings (SSSR count). The number of aromatic nitrogens is 2. The number of rotatable bonds is 8. The van der Waals surface area contributed by atoms with Gasteiger partial charge in [0.25, 0.3) is 5.56 Å². The molecule has 1 aromatic heterocycles. The van der Waals surface area contributed by atoms with Gasteiger partial charge in [0, 0.05) is 24.8 Å². The zero-order valence-electron chi connectivity index (χ0n) is 15.3. The van der Waals surface area contributed by atoms with Crippen molar-refractivity contribution in [2.24, 2.45) is 5.73 Å². The minimum Gasteiger partial charge on any atom is -0.379 e. The number of aryl methyl sites for hydroxylation is 1. The van der Waals surface area contributed by atoms with Crippen molar-refractivity contribution in [1.82, 2.24) is 20.6 Å². The average Bonchev–Trinajstić information content (AvgIpc) is 2.57. The molecule has 1 heterocycles. The van der Waals surface area contributed by atoms with Crippen molar-refractivity contribution >= 4 is 34.8 Å². The summed E-state index contributed by atoms with van der Waals surface area (Å²) in [5, 5.41) is 14.6. The van der Waals surface area contributed by atoms with Crippen LogP contribution < -0.4 is 27.2 Å². The number of anilines is 1. The van der Waals surface area contributed by atoms with E-state index in [4.69, 9.17) is 11.1 Å². The number of nitrogens with zero attached hydrogens (tertiary/aromatic N) is 1. The minimum atomic E-state index is -0.467. The molecule has 0 radical (unpaired) electrons. The molecule has 0 bridgehead atoms. The molecular formula is C15H27N7O3S. The summed E-state index contributed by atoms with van der Waals surface area (Å²) in [5.74, 6) is 0.0284. The summed E-state index contributed by atoms with van der Waals surface area (Å²) in [6, 6.07) is 0.859. The molecule has 0 spiro atoms. The Kier molecular flexibility index (Phi) is 12.4. The quantitative estimate of drug-likeness (QED) is 0.219. The molecule has 0 saturated heterocycles. The maximum absolute atomic E-state index is 11.6. The Morgan fingerprint density at radius 3 is 2.46 bits per heavy atom. The molecule has 0 aliphatic carbocycles. The largest absolute Gasteiger partial charge is 0.379 e. The van der Waals surface area contributed by atoms with Crippen LogP contribution in [-0.4, -0.2) is 45.9 Å². The molecule has 146 valence electrons. The van der Waals surface area contributed by atoms with Crippen molar-refractivity contribution in [1.29, 1.82) is 5.41 Å². The highest BCUT2D eigenvalue weighted by Gasteiger charge is 2.04. The first-order valence-electron chi connectivity index (χ1n) is 8.23. The first kappa shape index (κ1) is 23.4. The summed E-state index contributed by atoms with van der Waals surface area (Å²) in [6.45, 7) is 6.55. The number of H-pyrrole nitrogens is 1. The van der Waals surface area contributed by atoms with Crippen LogP contribution in [0.4, 0.5) is 10.7 Å². The lowest BCUT2D eigenvalue weighted by atomic mass is 10.3. The third kappa shape index (κ3) is 11.9. The van der Waals surface area contributed by atoms with Gasteiger partial charge < -0.3 is 16.4 Å². The van der Waals surface area contributed by atoms with Crippen LogP contribution in [0.15, 0.2) is 10.9 Å². The van der Waals surface area contributed by atoms with E-state index in [0.717, 1.165) is 11.8 Å². The summed E-state index contributed by atoms with van der Waals surface area (Å²) >= 11 is 0.967. The number of amidine groups is 1. The lowest BCUT2D eigenvalue weighted by Crippen LogP contribution is -2.32. The molecule has 0 saturated carbocycles. The summed E-state index contributed by atoms with van der Waals surface area (Å²) in [5.41, 5.74) is 5.30. The summed E-state index contributed by atoms with van der Waals surface area (Å²) < 4.78 is 0. The molecule has 10 nitrogen and oxygen atoms in total. The molecule has 0 unspecified atom stereocenters. The SMILES string of the molecule is CC.Cc1cc(=O)[nH]c(NC(=O)NCCCCNC(=O)CSC(=N)N)n1. The van der Waals surface area contributed by atoms with Crippen LogP contribution in [0.3, 0.4) is 0 Å². The number of aromatic amines is 1. The molecule has 7 N–H and O–H groups in total. The zero-order chi connectivity index (χ0) is 19.9. The van der Waals surface area contributed by atoms with E-state index in [-0.39, 0.29) is 28.3 Å². The Labute approximate surface area is 156 Å². The van der Waals surface area contributed by atoms with Crippen molar-refractivity contribution in [2.45, 2.75) is 33.6 Å². The molecule has 0 aliphatic rings. The fraction of sp³-hybridized carbons (Fsp3) is 0.533. The molecule has 0 atom stereocenters. The number of unbranched alkanes of at least 4 members (excludes halogenated alkanes) is 1. The number of hydrogen-bond donors (Lipinski definition) is 6. The standard InChI is InChI=1S/C13H21N7O3S.C2H6/c1-8-6-9(21)19-12(18-8)20-13(23)17-5-3-2-4-16-10(22)7-24-11(14)15;1-2/h6H,2-5,7H2,1H3,(H3,14,15)(H,16,22)(H3,17,18,19,20,21,23);1-2H3. The summed E-state index contributed by atoms with van der Waals surface area (Å²) in [6.07, 6.45) is 1.36. The van der Waals surface area contributed by atoms with Gasteiger partial charge >= 0.3 is 6.03 Å². The van der Waals surface area contributed by atoms with Gasteiger partial charge in [0.1, 0.15) is 0 Å². The van der Waals surface area contributed by atoms with Crippen molar-refractivity contribution in [3.63, 3.8) is 0 Å². The maximum atomic E-state index is 11.6. The second-order valence-electron chi connectivity index (χ2n) is 4.83. The Morgan fingerprint density at radius 1 is 1.27 bits per heavy atom. The Morgan fingerprint density at radius 2 is 1.88 bits per heavy atom. The minimum absolute atomic E-state index is 0.0905. The number of nitrogens with one attached hydrogen (secondary N) is 5. The number of carbonyl (C=O) groups is 2. The Bertz CT molecular complexity index is 648. The lowest BCUT2D eigenvalue weighted by molar-refractivity contribution is -0.118. The van der Waals surface area contributed by atoms with Gasteiger partial charge in [-0.1, -0.05) is 25.6 Å². The van der Waals surface area contributed by atoms with Gasteiger partial charge in [-0.3, -0.25) is 25.3 Å². The normalized spacial score (nSPS) is 9.50. The fourth-order valence-corrected chi connectivity index (χ4v) is 2.05. The fourth-order valence-electron chi connectivity index (χ4n) is 1.66. The number of nitrogens with two attached hydrogens (primary N) is 1. The smallest absolute Gasteiger partial charge is 0.321 e.